The average molecular weight is 333 g/mol. The van der Waals surface area contributed by atoms with Crippen LogP contribution in [-0.2, 0) is 6.42 Å². The molecule has 0 radical (unpaired) electrons. The van der Waals surface area contributed by atoms with Gasteiger partial charge >= 0.3 is 0 Å². The van der Waals surface area contributed by atoms with E-state index >= 15 is 0 Å². The Bertz CT molecular complexity index is 578. The molecule has 1 aromatic carbocycles. The van der Waals surface area contributed by atoms with Crippen molar-refractivity contribution < 1.29 is 4.79 Å². The number of likely N-dealkylation sites (N-methyl/N-ethyl adjacent to an activating group) is 1. The first kappa shape index (κ1) is 14.7. The number of amides is 1. The van der Waals surface area contributed by atoms with E-state index in [4.69, 9.17) is 0 Å². The van der Waals surface area contributed by atoms with E-state index in [0.717, 1.165) is 22.2 Å². The van der Waals surface area contributed by atoms with E-state index in [1.807, 2.05) is 50.4 Å². The Balaban J connectivity index is 2.01. The van der Waals surface area contributed by atoms with Crippen molar-refractivity contribution in [2.24, 2.45) is 0 Å². The summed E-state index contributed by atoms with van der Waals surface area (Å²) in [6.07, 6.45) is 2.53. The van der Waals surface area contributed by atoms with Crippen LogP contribution in [0.1, 0.15) is 21.6 Å². The van der Waals surface area contributed by atoms with Gasteiger partial charge in [0.2, 0.25) is 0 Å². The minimum atomic E-state index is 0.0327. The number of aromatic nitrogens is 1. The van der Waals surface area contributed by atoms with Crippen LogP contribution in [0, 0.1) is 6.92 Å². The number of hydrogen-bond acceptors (Lipinski definition) is 2. The molecule has 0 spiro atoms. The molecular formula is C16H17BrN2O. The molecule has 0 saturated heterocycles. The smallest absolute Gasteiger partial charge is 0.253 e. The summed E-state index contributed by atoms with van der Waals surface area (Å²) in [5.74, 6) is 0.0327. The molecule has 0 aliphatic carbocycles. The molecule has 0 saturated carbocycles. The fraction of sp³-hybridized carbons (Fsp3) is 0.250. The molecule has 2 aromatic rings. The lowest BCUT2D eigenvalue weighted by atomic mass is 10.1. The molecular weight excluding hydrogens is 316 g/mol. The molecule has 0 unspecified atom stereocenters. The number of nitrogens with zero attached hydrogens (tertiary/aromatic N) is 2. The van der Waals surface area contributed by atoms with E-state index in [1.165, 1.54) is 0 Å². The zero-order chi connectivity index (χ0) is 14.5. The lowest BCUT2D eigenvalue weighted by Crippen LogP contribution is -2.29. The van der Waals surface area contributed by atoms with Gasteiger partial charge in [-0.2, -0.15) is 0 Å². The summed E-state index contributed by atoms with van der Waals surface area (Å²) >= 11 is 3.43. The van der Waals surface area contributed by atoms with Crippen LogP contribution in [0.2, 0.25) is 0 Å². The fourth-order valence-electron chi connectivity index (χ4n) is 2.01. The van der Waals surface area contributed by atoms with Gasteiger partial charge in [-0.25, -0.2) is 0 Å². The van der Waals surface area contributed by atoms with Gasteiger partial charge < -0.3 is 4.90 Å². The third kappa shape index (κ3) is 3.90. The molecule has 0 N–H and O–H groups in total. The number of halogens is 1. The van der Waals surface area contributed by atoms with E-state index in [-0.39, 0.29) is 5.91 Å². The molecule has 1 heterocycles. The van der Waals surface area contributed by atoms with Crippen LogP contribution in [-0.4, -0.2) is 29.4 Å². The Morgan fingerprint density at radius 3 is 2.75 bits per heavy atom. The maximum atomic E-state index is 12.4. The molecule has 0 fully saturated rings. The molecule has 20 heavy (non-hydrogen) atoms. The Morgan fingerprint density at radius 1 is 1.30 bits per heavy atom. The van der Waals surface area contributed by atoms with Gasteiger partial charge in [0, 0.05) is 41.9 Å². The molecule has 2 rings (SSSR count). The highest BCUT2D eigenvalue weighted by atomic mass is 79.9. The second-order valence-electron chi connectivity index (χ2n) is 4.82. The minimum absolute atomic E-state index is 0.0327. The normalized spacial score (nSPS) is 10.3. The van der Waals surface area contributed by atoms with Crippen LogP contribution in [0.15, 0.2) is 47.1 Å². The standard InChI is InChI=1S/C16H17BrN2O/c1-12-9-13(11-14(17)10-12)16(20)19(2)8-6-15-5-3-4-7-18-15/h3-5,7,9-11H,6,8H2,1-2H3. The summed E-state index contributed by atoms with van der Waals surface area (Å²) in [6, 6.07) is 11.6. The maximum absolute atomic E-state index is 12.4. The summed E-state index contributed by atoms with van der Waals surface area (Å²) < 4.78 is 0.930. The number of aryl methyl sites for hydroxylation is 1. The van der Waals surface area contributed by atoms with Crippen molar-refractivity contribution in [2.45, 2.75) is 13.3 Å². The Morgan fingerprint density at radius 2 is 2.10 bits per heavy atom. The summed E-state index contributed by atoms with van der Waals surface area (Å²) in [5, 5.41) is 0. The fourth-order valence-corrected chi connectivity index (χ4v) is 2.62. The van der Waals surface area contributed by atoms with E-state index in [1.54, 1.807) is 11.1 Å². The van der Waals surface area contributed by atoms with E-state index in [9.17, 15) is 4.79 Å². The highest BCUT2D eigenvalue weighted by Crippen LogP contribution is 2.16. The first-order valence-corrected chi connectivity index (χ1v) is 7.28. The number of carbonyl (C=O) groups excluding carboxylic acids is 1. The predicted octanol–water partition coefficient (Wildman–Crippen LogP) is 3.47. The quantitative estimate of drug-likeness (QED) is 0.858. The first-order valence-electron chi connectivity index (χ1n) is 6.49. The molecule has 0 bridgehead atoms. The van der Waals surface area contributed by atoms with Crippen molar-refractivity contribution >= 4 is 21.8 Å². The zero-order valence-electron chi connectivity index (χ0n) is 11.6. The number of carbonyl (C=O) groups is 1. The lowest BCUT2D eigenvalue weighted by Gasteiger charge is -2.17. The van der Waals surface area contributed by atoms with Crippen LogP contribution in [0.3, 0.4) is 0 Å². The zero-order valence-corrected chi connectivity index (χ0v) is 13.2. The van der Waals surface area contributed by atoms with Gasteiger partial charge in [-0.3, -0.25) is 9.78 Å². The molecule has 4 heteroatoms. The van der Waals surface area contributed by atoms with Gasteiger partial charge in [0.15, 0.2) is 0 Å². The van der Waals surface area contributed by atoms with Crippen molar-refractivity contribution in [3.05, 3.63) is 63.9 Å². The molecule has 1 amide bonds. The van der Waals surface area contributed by atoms with E-state index in [2.05, 4.69) is 20.9 Å². The second-order valence-corrected chi connectivity index (χ2v) is 5.73. The third-order valence-electron chi connectivity index (χ3n) is 3.07. The number of pyridine rings is 1. The Kier molecular flexibility index (Phi) is 4.90. The van der Waals surface area contributed by atoms with Crippen LogP contribution < -0.4 is 0 Å². The average Bonchev–Trinajstić information content (AvgIpc) is 2.44. The molecule has 0 atom stereocenters. The van der Waals surface area contributed by atoms with Gasteiger partial charge in [0.05, 0.1) is 0 Å². The Hall–Kier alpha value is -1.68. The highest BCUT2D eigenvalue weighted by Gasteiger charge is 2.12. The van der Waals surface area contributed by atoms with Crippen LogP contribution in [0.25, 0.3) is 0 Å². The molecule has 1 aromatic heterocycles. The van der Waals surface area contributed by atoms with E-state index < -0.39 is 0 Å². The molecule has 3 nitrogen and oxygen atoms in total. The van der Waals surface area contributed by atoms with Crippen LogP contribution in [0.5, 0.6) is 0 Å². The lowest BCUT2D eigenvalue weighted by molar-refractivity contribution is 0.0796. The largest absolute Gasteiger partial charge is 0.341 e. The summed E-state index contributed by atoms with van der Waals surface area (Å²) in [6.45, 7) is 2.64. The minimum Gasteiger partial charge on any atom is -0.341 e. The second kappa shape index (κ2) is 6.66. The highest BCUT2D eigenvalue weighted by molar-refractivity contribution is 9.10. The van der Waals surface area contributed by atoms with Crippen molar-refractivity contribution in [3.8, 4) is 0 Å². The SMILES string of the molecule is Cc1cc(Br)cc(C(=O)N(C)CCc2ccccn2)c1. The predicted molar refractivity (Wildman–Crippen MR) is 83.8 cm³/mol. The first-order chi connectivity index (χ1) is 9.56. The van der Waals surface area contributed by atoms with Crippen molar-refractivity contribution in [3.63, 3.8) is 0 Å². The molecule has 0 aliphatic heterocycles. The summed E-state index contributed by atoms with van der Waals surface area (Å²) in [4.78, 5) is 18.4. The van der Waals surface area contributed by atoms with Crippen LogP contribution in [0.4, 0.5) is 0 Å². The van der Waals surface area contributed by atoms with Crippen molar-refractivity contribution in [2.75, 3.05) is 13.6 Å². The maximum Gasteiger partial charge on any atom is 0.253 e. The van der Waals surface area contributed by atoms with Crippen LogP contribution >= 0.6 is 15.9 Å². The van der Waals surface area contributed by atoms with Gasteiger partial charge in [-0.1, -0.05) is 22.0 Å². The van der Waals surface area contributed by atoms with Gasteiger partial charge in [-0.05, 0) is 42.8 Å². The summed E-state index contributed by atoms with van der Waals surface area (Å²) in [5.41, 5.74) is 2.78. The summed E-state index contributed by atoms with van der Waals surface area (Å²) in [7, 11) is 1.82. The van der Waals surface area contributed by atoms with Gasteiger partial charge in [0.25, 0.3) is 5.91 Å². The van der Waals surface area contributed by atoms with E-state index in [0.29, 0.717) is 12.1 Å². The van der Waals surface area contributed by atoms with Gasteiger partial charge in [0.1, 0.15) is 0 Å². The van der Waals surface area contributed by atoms with Crippen molar-refractivity contribution in [1.29, 1.82) is 0 Å². The van der Waals surface area contributed by atoms with Gasteiger partial charge in [-0.15, -0.1) is 0 Å². The monoisotopic (exact) mass is 332 g/mol. The van der Waals surface area contributed by atoms with Crippen molar-refractivity contribution in [1.82, 2.24) is 9.88 Å². The number of rotatable bonds is 4. The third-order valence-corrected chi connectivity index (χ3v) is 3.52. The molecule has 104 valence electrons. The number of benzene rings is 1. The topological polar surface area (TPSA) is 33.2 Å². The Labute approximate surface area is 127 Å². The number of hydrogen-bond donors (Lipinski definition) is 0. The molecule has 0 aliphatic rings.